The maximum absolute atomic E-state index is 11.8. The van der Waals surface area contributed by atoms with Crippen LogP contribution in [0.5, 0.6) is 0 Å². The molecule has 4 nitrogen and oxygen atoms in total. The Labute approximate surface area is 132 Å². The number of carbonyl (C=O) groups is 1. The largest absolute Gasteiger partial charge is 0.375 e. The van der Waals surface area contributed by atoms with Crippen LogP contribution in [0.25, 0.3) is 0 Å². The molecule has 0 aliphatic rings. The van der Waals surface area contributed by atoms with Gasteiger partial charge in [-0.05, 0) is 42.5 Å². The lowest BCUT2D eigenvalue weighted by Crippen LogP contribution is -2.21. The molecular formula is C15H11Cl2N3O. The highest BCUT2D eigenvalue weighted by Crippen LogP contribution is 2.22. The van der Waals surface area contributed by atoms with E-state index in [2.05, 4.69) is 10.6 Å². The van der Waals surface area contributed by atoms with Gasteiger partial charge in [0, 0.05) is 10.7 Å². The average molecular weight is 320 g/mol. The molecule has 0 saturated carbocycles. The molecule has 1 amide bonds. The Balaban J connectivity index is 1.92. The fourth-order valence-corrected chi connectivity index (χ4v) is 2.02. The molecule has 2 N–H and O–H groups in total. The number of hydrogen-bond donors (Lipinski definition) is 2. The maximum atomic E-state index is 11.8. The van der Waals surface area contributed by atoms with Crippen LogP contribution in [0.4, 0.5) is 11.4 Å². The summed E-state index contributed by atoms with van der Waals surface area (Å²) in [5.41, 5.74) is 1.73. The highest BCUT2D eigenvalue weighted by atomic mass is 35.5. The minimum atomic E-state index is -0.210. The van der Waals surface area contributed by atoms with Crippen molar-refractivity contribution in [2.75, 3.05) is 17.2 Å². The smallest absolute Gasteiger partial charge is 0.243 e. The molecule has 6 heteroatoms. The number of nitrogens with one attached hydrogen (secondary N) is 2. The van der Waals surface area contributed by atoms with Gasteiger partial charge in [-0.1, -0.05) is 23.2 Å². The summed E-state index contributed by atoms with van der Waals surface area (Å²) in [6.07, 6.45) is 0. The van der Waals surface area contributed by atoms with Crippen LogP contribution in [0.2, 0.25) is 10.0 Å². The van der Waals surface area contributed by atoms with Crippen LogP contribution in [-0.2, 0) is 4.79 Å². The van der Waals surface area contributed by atoms with E-state index in [-0.39, 0.29) is 12.5 Å². The van der Waals surface area contributed by atoms with Crippen LogP contribution < -0.4 is 10.6 Å². The lowest BCUT2D eigenvalue weighted by Gasteiger charge is -2.09. The zero-order valence-corrected chi connectivity index (χ0v) is 12.4. The fourth-order valence-electron chi connectivity index (χ4n) is 1.64. The Hall–Kier alpha value is -2.22. The van der Waals surface area contributed by atoms with Crippen molar-refractivity contribution in [2.45, 2.75) is 0 Å². The quantitative estimate of drug-likeness (QED) is 0.897. The monoisotopic (exact) mass is 319 g/mol. The molecular weight excluding hydrogens is 309 g/mol. The molecule has 0 spiro atoms. The second-order valence-electron chi connectivity index (χ2n) is 4.22. The van der Waals surface area contributed by atoms with E-state index in [1.807, 2.05) is 6.07 Å². The molecule has 2 aromatic rings. The third kappa shape index (κ3) is 4.38. The minimum Gasteiger partial charge on any atom is -0.375 e. The van der Waals surface area contributed by atoms with Crippen LogP contribution in [0.3, 0.4) is 0 Å². The van der Waals surface area contributed by atoms with Gasteiger partial charge in [0.25, 0.3) is 0 Å². The molecule has 21 heavy (non-hydrogen) atoms. The summed E-state index contributed by atoms with van der Waals surface area (Å²) in [5.74, 6) is -0.210. The first-order chi connectivity index (χ1) is 10.1. The Morgan fingerprint density at radius 1 is 1.14 bits per heavy atom. The number of nitrogens with zero attached hydrogens (tertiary/aromatic N) is 1. The van der Waals surface area contributed by atoms with Crippen molar-refractivity contribution in [3.63, 3.8) is 0 Å². The topological polar surface area (TPSA) is 64.9 Å². The zero-order chi connectivity index (χ0) is 15.2. The first-order valence-corrected chi connectivity index (χ1v) is 6.83. The Morgan fingerprint density at radius 3 is 2.48 bits per heavy atom. The van der Waals surface area contributed by atoms with E-state index in [9.17, 15) is 4.79 Å². The second-order valence-corrected chi connectivity index (χ2v) is 5.06. The summed E-state index contributed by atoms with van der Waals surface area (Å²) >= 11 is 11.8. The fraction of sp³-hybridized carbons (Fsp3) is 0.0667. The predicted octanol–water partition coefficient (Wildman–Crippen LogP) is 3.92. The Kier molecular flexibility index (Phi) is 5.04. The molecule has 0 radical (unpaired) electrons. The molecule has 0 aliphatic carbocycles. The molecule has 2 aromatic carbocycles. The van der Waals surface area contributed by atoms with Crippen molar-refractivity contribution >= 4 is 40.5 Å². The van der Waals surface area contributed by atoms with E-state index in [1.165, 1.54) is 0 Å². The van der Waals surface area contributed by atoms with Crippen LogP contribution >= 0.6 is 23.2 Å². The van der Waals surface area contributed by atoms with Gasteiger partial charge >= 0.3 is 0 Å². The van der Waals surface area contributed by atoms with E-state index in [4.69, 9.17) is 28.5 Å². The summed E-state index contributed by atoms with van der Waals surface area (Å²) in [4.78, 5) is 11.8. The van der Waals surface area contributed by atoms with Gasteiger partial charge in [-0.25, -0.2) is 0 Å². The number of nitriles is 1. The van der Waals surface area contributed by atoms with E-state index < -0.39 is 0 Å². The van der Waals surface area contributed by atoms with Crippen LogP contribution in [0, 0.1) is 11.3 Å². The molecule has 2 rings (SSSR count). The molecule has 0 heterocycles. The van der Waals surface area contributed by atoms with Crippen molar-refractivity contribution < 1.29 is 4.79 Å². The van der Waals surface area contributed by atoms with E-state index in [0.29, 0.717) is 27.0 Å². The Morgan fingerprint density at radius 2 is 1.86 bits per heavy atom. The molecule has 0 unspecified atom stereocenters. The summed E-state index contributed by atoms with van der Waals surface area (Å²) in [5, 5.41) is 15.4. The summed E-state index contributed by atoms with van der Waals surface area (Å²) in [7, 11) is 0. The number of hydrogen-bond acceptors (Lipinski definition) is 3. The number of anilines is 2. The minimum absolute atomic E-state index is 0.0637. The van der Waals surface area contributed by atoms with Gasteiger partial charge in [0.2, 0.25) is 5.91 Å². The number of benzene rings is 2. The van der Waals surface area contributed by atoms with Crippen molar-refractivity contribution in [1.82, 2.24) is 0 Å². The van der Waals surface area contributed by atoms with Crippen molar-refractivity contribution in [3.05, 3.63) is 58.1 Å². The summed E-state index contributed by atoms with van der Waals surface area (Å²) < 4.78 is 0. The molecule has 106 valence electrons. The average Bonchev–Trinajstić information content (AvgIpc) is 2.48. The number of rotatable bonds is 4. The summed E-state index contributed by atoms with van der Waals surface area (Å²) in [6, 6.07) is 13.7. The van der Waals surface area contributed by atoms with Crippen molar-refractivity contribution in [3.8, 4) is 6.07 Å². The third-order valence-electron chi connectivity index (χ3n) is 2.67. The number of halogens is 2. The normalized spacial score (nSPS) is 9.76. The first-order valence-electron chi connectivity index (χ1n) is 6.07. The van der Waals surface area contributed by atoms with Crippen LogP contribution in [0.15, 0.2) is 42.5 Å². The van der Waals surface area contributed by atoms with Gasteiger partial charge in [-0.2, -0.15) is 5.26 Å². The van der Waals surface area contributed by atoms with E-state index in [1.54, 1.807) is 42.5 Å². The molecule has 0 fully saturated rings. The van der Waals surface area contributed by atoms with Gasteiger partial charge < -0.3 is 10.6 Å². The lowest BCUT2D eigenvalue weighted by atomic mass is 10.2. The van der Waals surface area contributed by atoms with Gasteiger partial charge in [0.1, 0.15) is 0 Å². The highest BCUT2D eigenvalue weighted by Gasteiger charge is 2.05. The third-order valence-corrected chi connectivity index (χ3v) is 3.23. The lowest BCUT2D eigenvalue weighted by molar-refractivity contribution is -0.114. The molecule has 0 saturated heterocycles. The molecule has 0 aromatic heterocycles. The number of amides is 1. The molecule has 0 bridgehead atoms. The predicted molar refractivity (Wildman–Crippen MR) is 84.7 cm³/mol. The van der Waals surface area contributed by atoms with E-state index >= 15 is 0 Å². The maximum Gasteiger partial charge on any atom is 0.243 e. The van der Waals surface area contributed by atoms with Gasteiger partial charge in [-0.3, -0.25) is 4.79 Å². The molecule has 0 atom stereocenters. The van der Waals surface area contributed by atoms with Gasteiger partial charge in [0.15, 0.2) is 0 Å². The second kappa shape index (κ2) is 6.98. The first kappa shape index (κ1) is 15.2. The standard InChI is InChI=1S/C15H11Cl2N3O/c16-11-2-4-12(5-3-11)20-15(21)9-19-14-6-1-10(8-18)7-13(14)17/h1-7,19H,9H2,(H,20,21). The van der Waals surface area contributed by atoms with Crippen LogP contribution in [-0.4, -0.2) is 12.5 Å². The van der Waals surface area contributed by atoms with E-state index in [0.717, 1.165) is 0 Å². The van der Waals surface area contributed by atoms with Crippen LogP contribution in [0.1, 0.15) is 5.56 Å². The SMILES string of the molecule is N#Cc1ccc(NCC(=O)Nc2ccc(Cl)cc2)c(Cl)c1. The Bertz CT molecular complexity index is 693. The highest BCUT2D eigenvalue weighted by molar-refractivity contribution is 6.33. The van der Waals surface area contributed by atoms with Crippen molar-refractivity contribution in [1.29, 1.82) is 5.26 Å². The van der Waals surface area contributed by atoms with Gasteiger partial charge in [0.05, 0.1) is 28.9 Å². The molecule has 0 aliphatic heterocycles. The summed E-state index contributed by atoms with van der Waals surface area (Å²) in [6.45, 7) is 0.0637. The van der Waals surface area contributed by atoms with Crippen molar-refractivity contribution in [2.24, 2.45) is 0 Å². The zero-order valence-electron chi connectivity index (χ0n) is 10.9. The van der Waals surface area contributed by atoms with Gasteiger partial charge in [-0.15, -0.1) is 0 Å². The number of carbonyl (C=O) groups excluding carboxylic acids is 1.